The maximum absolute atomic E-state index is 12.9. The van der Waals surface area contributed by atoms with Gasteiger partial charge < -0.3 is 9.80 Å². The van der Waals surface area contributed by atoms with Gasteiger partial charge in [-0.1, -0.05) is 13.8 Å². The van der Waals surface area contributed by atoms with Crippen molar-refractivity contribution in [3.63, 3.8) is 0 Å². The number of likely N-dealkylation sites (tertiary alicyclic amines) is 2. The minimum atomic E-state index is 0.0295. The van der Waals surface area contributed by atoms with E-state index in [-0.39, 0.29) is 17.2 Å². The molecule has 2 amide bonds. The van der Waals surface area contributed by atoms with E-state index in [4.69, 9.17) is 0 Å². The summed E-state index contributed by atoms with van der Waals surface area (Å²) in [6, 6.07) is 1.81. The average Bonchev–Trinajstić information content (AvgIpc) is 3.11. The molecule has 0 N–H and O–H groups in total. The molecule has 0 radical (unpaired) electrons. The van der Waals surface area contributed by atoms with Crippen molar-refractivity contribution in [3.05, 3.63) is 18.0 Å². The zero-order chi connectivity index (χ0) is 18.7. The third kappa shape index (κ3) is 4.10. The lowest BCUT2D eigenvalue weighted by Crippen LogP contribution is -2.55. The van der Waals surface area contributed by atoms with Gasteiger partial charge in [0, 0.05) is 50.8 Å². The summed E-state index contributed by atoms with van der Waals surface area (Å²) >= 11 is 0. The summed E-state index contributed by atoms with van der Waals surface area (Å²) in [5.41, 5.74) is 0.596. The Morgan fingerprint density at radius 1 is 1.31 bits per heavy atom. The molecular formula is C20H32N4O2. The van der Waals surface area contributed by atoms with Crippen LogP contribution >= 0.6 is 0 Å². The van der Waals surface area contributed by atoms with Crippen molar-refractivity contribution < 1.29 is 9.59 Å². The number of hydrogen-bond acceptors (Lipinski definition) is 3. The highest BCUT2D eigenvalue weighted by Gasteiger charge is 2.42. The van der Waals surface area contributed by atoms with Crippen LogP contribution in [0, 0.1) is 11.3 Å². The maximum atomic E-state index is 12.9. The SMILES string of the molecule is CCn1ccc(C(=O)N2CCCC3(CCC(=O)N(CCC(C)C)C3)C2)n1. The minimum absolute atomic E-state index is 0.0295. The first-order chi connectivity index (χ1) is 12.4. The fraction of sp³-hybridized carbons (Fsp3) is 0.750. The molecule has 3 rings (SSSR count). The minimum Gasteiger partial charge on any atom is -0.342 e. The summed E-state index contributed by atoms with van der Waals surface area (Å²) in [7, 11) is 0. The second-order valence-corrected chi connectivity index (χ2v) is 8.38. The van der Waals surface area contributed by atoms with Crippen molar-refractivity contribution >= 4 is 11.8 Å². The monoisotopic (exact) mass is 360 g/mol. The molecule has 0 bridgehead atoms. The molecule has 1 atom stereocenters. The number of aryl methyl sites for hydroxylation is 1. The zero-order valence-corrected chi connectivity index (χ0v) is 16.4. The Hall–Kier alpha value is -1.85. The fourth-order valence-electron chi connectivity index (χ4n) is 4.25. The summed E-state index contributed by atoms with van der Waals surface area (Å²) in [5.74, 6) is 0.905. The number of carbonyl (C=O) groups excluding carboxylic acids is 2. The molecule has 0 aromatic carbocycles. The number of hydrogen-bond donors (Lipinski definition) is 0. The molecule has 2 aliphatic heterocycles. The molecule has 6 nitrogen and oxygen atoms in total. The van der Waals surface area contributed by atoms with E-state index in [0.717, 1.165) is 58.4 Å². The predicted molar refractivity (Wildman–Crippen MR) is 101 cm³/mol. The Morgan fingerprint density at radius 2 is 2.12 bits per heavy atom. The van der Waals surface area contributed by atoms with E-state index in [1.54, 1.807) is 4.68 Å². The summed E-state index contributed by atoms with van der Waals surface area (Å²) in [5, 5.41) is 4.37. The first kappa shape index (κ1) is 18.9. The van der Waals surface area contributed by atoms with Gasteiger partial charge in [-0.15, -0.1) is 0 Å². The van der Waals surface area contributed by atoms with E-state index in [1.807, 2.05) is 29.0 Å². The molecule has 144 valence electrons. The van der Waals surface area contributed by atoms with E-state index in [9.17, 15) is 9.59 Å². The third-order valence-corrected chi connectivity index (χ3v) is 5.86. The van der Waals surface area contributed by atoms with Gasteiger partial charge >= 0.3 is 0 Å². The van der Waals surface area contributed by atoms with Crippen LogP contribution in [0.3, 0.4) is 0 Å². The first-order valence-electron chi connectivity index (χ1n) is 10.0. The molecule has 2 saturated heterocycles. The fourth-order valence-corrected chi connectivity index (χ4v) is 4.25. The summed E-state index contributed by atoms with van der Waals surface area (Å²) in [6.45, 7) is 10.3. The molecule has 6 heteroatoms. The van der Waals surface area contributed by atoms with E-state index in [2.05, 4.69) is 18.9 Å². The van der Waals surface area contributed by atoms with Crippen molar-refractivity contribution in [2.45, 2.75) is 59.4 Å². The number of carbonyl (C=O) groups is 2. The van der Waals surface area contributed by atoms with Gasteiger partial charge in [0.2, 0.25) is 5.91 Å². The Bertz CT molecular complexity index is 654. The highest BCUT2D eigenvalue weighted by molar-refractivity contribution is 5.92. The lowest BCUT2D eigenvalue weighted by molar-refractivity contribution is -0.139. The molecular weight excluding hydrogens is 328 g/mol. The van der Waals surface area contributed by atoms with Crippen LogP contribution in [0.15, 0.2) is 12.3 Å². The molecule has 2 fully saturated rings. The van der Waals surface area contributed by atoms with Crippen molar-refractivity contribution in [3.8, 4) is 0 Å². The van der Waals surface area contributed by atoms with Crippen molar-refractivity contribution in [1.82, 2.24) is 19.6 Å². The molecule has 1 unspecified atom stereocenters. The lowest BCUT2D eigenvalue weighted by Gasteiger charge is -2.48. The van der Waals surface area contributed by atoms with Gasteiger partial charge in [0.05, 0.1) is 0 Å². The van der Waals surface area contributed by atoms with Gasteiger partial charge in [-0.05, 0) is 44.6 Å². The van der Waals surface area contributed by atoms with Gasteiger partial charge in [-0.2, -0.15) is 5.10 Å². The van der Waals surface area contributed by atoms with Gasteiger partial charge in [-0.25, -0.2) is 0 Å². The average molecular weight is 361 g/mol. The van der Waals surface area contributed by atoms with Crippen molar-refractivity contribution in [1.29, 1.82) is 0 Å². The van der Waals surface area contributed by atoms with Gasteiger partial charge in [0.1, 0.15) is 5.69 Å². The summed E-state index contributed by atoms with van der Waals surface area (Å²) < 4.78 is 1.79. The summed E-state index contributed by atoms with van der Waals surface area (Å²) in [4.78, 5) is 29.2. The number of rotatable bonds is 5. The second kappa shape index (κ2) is 7.80. The van der Waals surface area contributed by atoms with Crippen LogP contribution in [0.5, 0.6) is 0 Å². The Morgan fingerprint density at radius 3 is 2.81 bits per heavy atom. The number of aromatic nitrogens is 2. The van der Waals surface area contributed by atoms with Crippen LogP contribution < -0.4 is 0 Å². The topological polar surface area (TPSA) is 58.4 Å². The zero-order valence-electron chi connectivity index (χ0n) is 16.4. The van der Waals surface area contributed by atoms with Crippen LogP contribution in [-0.2, 0) is 11.3 Å². The smallest absolute Gasteiger partial charge is 0.274 e. The summed E-state index contributed by atoms with van der Waals surface area (Å²) in [6.07, 6.45) is 6.53. The van der Waals surface area contributed by atoms with Crippen molar-refractivity contribution in [2.24, 2.45) is 11.3 Å². The van der Waals surface area contributed by atoms with E-state index < -0.39 is 0 Å². The maximum Gasteiger partial charge on any atom is 0.274 e. The van der Waals surface area contributed by atoms with Crippen molar-refractivity contribution in [2.75, 3.05) is 26.2 Å². The Labute approximate surface area is 156 Å². The molecule has 1 spiro atoms. The van der Waals surface area contributed by atoms with Crippen LogP contribution in [0.1, 0.15) is 63.4 Å². The quantitative estimate of drug-likeness (QED) is 0.811. The van der Waals surface area contributed by atoms with E-state index in [0.29, 0.717) is 18.0 Å². The Kier molecular flexibility index (Phi) is 5.68. The number of nitrogens with zero attached hydrogens (tertiary/aromatic N) is 4. The standard InChI is InChI=1S/C20H32N4O2/c1-4-24-13-8-17(21-24)19(26)23-11-5-9-20(15-23)10-6-18(25)22(14-20)12-7-16(2)3/h8,13,16H,4-7,9-12,14-15H2,1-3H3. The lowest BCUT2D eigenvalue weighted by atomic mass is 9.73. The highest BCUT2D eigenvalue weighted by atomic mass is 16.2. The second-order valence-electron chi connectivity index (χ2n) is 8.38. The van der Waals surface area contributed by atoms with Crippen LogP contribution in [-0.4, -0.2) is 57.6 Å². The molecule has 0 aliphatic carbocycles. The molecule has 2 aliphatic rings. The van der Waals surface area contributed by atoms with E-state index >= 15 is 0 Å². The molecule has 1 aromatic rings. The van der Waals surface area contributed by atoms with E-state index in [1.165, 1.54) is 0 Å². The van der Waals surface area contributed by atoms with Gasteiger partial charge in [0.15, 0.2) is 0 Å². The third-order valence-electron chi connectivity index (χ3n) is 5.86. The van der Waals surface area contributed by atoms with Crippen LogP contribution in [0.2, 0.25) is 0 Å². The molecule has 0 saturated carbocycles. The predicted octanol–water partition coefficient (Wildman–Crippen LogP) is 2.79. The molecule has 3 heterocycles. The van der Waals surface area contributed by atoms with Crippen LogP contribution in [0.4, 0.5) is 0 Å². The largest absolute Gasteiger partial charge is 0.342 e. The highest BCUT2D eigenvalue weighted by Crippen LogP contribution is 2.39. The van der Waals surface area contributed by atoms with Gasteiger partial charge in [0.25, 0.3) is 5.91 Å². The number of piperidine rings is 2. The first-order valence-corrected chi connectivity index (χ1v) is 10.0. The molecule has 1 aromatic heterocycles. The normalized spacial score (nSPS) is 23.9. The Balaban J connectivity index is 1.68. The van der Waals surface area contributed by atoms with Gasteiger partial charge in [-0.3, -0.25) is 14.3 Å². The molecule has 26 heavy (non-hydrogen) atoms. The van der Waals surface area contributed by atoms with Crippen LogP contribution in [0.25, 0.3) is 0 Å². The number of amides is 2.